The lowest BCUT2D eigenvalue weighted by atomic mass is 9.71. The summed E-state index contributed by atoms with van der Waals surface area (Å²) in [5.74, 6) is 1.17. The Morgan fingerprint density at radius 1 is 0.919 bits per heavy atom. The van der Waals surface area contributed by atoms with Crippen LogP contribution in [0.4, 0.5) is 0 Å². The van der Waals surface area contributed by atoms with Gasteiger partial charge in [0.15, 0.2) is 17.3 Å². The van der Waals surface area contributed by atoms with Gasteiger partial charge in [-0.25, -0.2) is 4.79 Å². The molecule has 1 N–H and O–H groups in total. The second kappa shape index (κ2) is 11.0. The molecule has 2 unspecified atom stereocenters. The molecule has 2 aromatic rings. The third-order valence-electron chi connectivity index (χ3n) is 6.95. The number of Topliss-reactive ketones (excluding diaryl/α,β-unsaturated/α-hetero) is 1. The quantitative estimate of drug-likeness (QED) is 0.517. The summed E-state index contributed by atoms with van der Waals surface area (Å²) in [6.07, 6.45) is 0.876. The molecule has 1 heterocycles. The van der Waals surface area contributed by atoms with Crippen LogP contribution in [0.2, 0.25) is 0 Å². The normalized spacial score (nSPS) is 19.1. The van der Waals surface area contributed by atoms with Crippen LogP contribution in [0.5, 0.6) is 23.0 Å². The fourth-order valence-corrected chi connectivity index (χ4v) is 5.24. The van der Waals surface area contributed by atoms with Crippen LogP contribution in [0, 0.1) is 0 Å². The van der Waals surface area contributed by atoms with Crippen LogP contribution in [0.15, 0.2) is 58.9 Å². The molecule has 8 heteroatoms. The minimum absolute atomic E-state index is 0.0438. The highest BCUT2D eigenvalue weighted by atomic mass is 16.5. The van der Waals surface area contributed by atoms with E-state index in [1.807, 2.05) is 31.2 Å². The number of rotatable bonds is 8. The van der Waals surface area contributed by atoms with Crippen molar-refractivity contribution in [3.05, 3.63) is 70.1 Å². The van der Waals surface area contributed by atoms with E-state index < -0.39 is 11.9 Å². The number of benzene rings is 2. The second-order valence-corrected chi connectivity index (χ2v) is 8.96. The maximum atomic E-state index is 13.9. The third-order valence-corrected chi connectivity index (χ3v) is 6.95. The van der Waals surface area contributed by atoms with E-state index in [2.05, 4.69) is 5.32 Å². The van der Waals surface area contributed by atoms with E-state index in [0.717, 1.165) is 11.3 Å². The molecule has 2 aromatic carbocycles. The van der Waals surface area contributed by atoms with Gasteiger partial charge in [0.2, 0.25) is 0 Å². The number of allylic oxidation sites excluding steroid dienone is 3. The van der Waals surface area contributed by atoms with E-state index >= 15 is 0 Å². The lowest BCUT2D eigenvalue weighted by molar-refractivity contribution is -0.138. The Morgan fingerprint density at radius 3 is 2.27 bits per heavy atom. The van der Waals surface area contributed by atoms with Crippen molar-refractivity contribution in [2.75, 3.05) is 35.0 Å². The van der Waals surface area contributed by atoms with Gasteiger partial charge in [0.25, 0.3) is 0 Å². The summed E-state index contributed by atoms with van der Waals surface area (Å²) < 4.78 is 27.4. The number of esters is 1. The van der Waals surface area contributed by atoms with Gasteiger partial charge in [-0.2, -0.15) is 0 Å². The maximum absolute atomic E-state index is 13.9. The van der Waals surface area contributed by atoms with Gasteiger partial charge in [-0.3, -0.25) is 4.79 Å². The molecule has 0 bridgehead atoms. The summed E-state index contributed by atoms with van der Waals surface area (Å²) in [4.78, 5) is 27.1. The van der Waals surface area contributed by atoms with Crippen molar-refractivity contribution in [3.63, 3.8) is 0 Å². The maximum Gasteiger partial charge on any atom is 0.336 e. The standard InChI is InChI=1S/C29H33NO7/c1-7-37-29(32)26-16(2)30-21-12-18(17-8-10-24(35-5)25(14-17)36-6)13-22(31)28(21)27(26)20-15-19(33-3)9-11-23(20)34-4/h8-11,14-15,18,27,30H,7,12-13H2,1-6H3. The monoisotopic (exact) mass is 507 g/mol. The molecule has 1 aliphatic heterocycles. The summed E-state index contributed by atoms with van der Waals surface area (Å²) in [7, 11) is 6.33. The molecule has 2 atom stereocenters. The number of dihydropyridines is 1. The molecular weight excluding hydrogens is 474 g/mol. The van der Waals surface area contributed by atoms with E-state index in [4.69, 9.17) is 23.7 Å². The van der Waals surface area contributed by atoms with Crippen LogP contribution < -0.4 is 24.3 Å². The Balaban J connectivity index is 1.84. The Kier molecular flexibility index (Phi) is 7.76. The van der Waals surface area contributed by atoms with Crippen LogP contribution in [0.3, 0.4) is 0 Å². The molecule has 0 fully saturated rings. The molecule has 1 aliphatic carbocycles. The lowest BCUT2D eigenvalue weighted by Crippen LogP contribution is -2.36. The van der Waals surface area contributed by atoms with Crippen molar-refractivity contribution in [1.82, 2.24) is 5.32 Å². The predicted molar refractivity (Wildman–Crippen MR) is 138 cm³/mol. The third kappa shape index (κ3) is 4.88. The van der Waals surface area contributed by atoms with E-state index in [1.165, 1.54) is 0 Å². The van der Waals surface area contributed by atoms with Crippen LogP contribution in [-0.4, -0.2) is 46.8 Å². The Labute approximate surface area is 217 Å². The number of hydrogen-bond acceptors (Lipinski definition) is 8. The second-order valence-electron chi connectivity index (χ2n) is 8.96. The largest absolute Gasteiger partial charge is 0.497 e. The molecule has 0 saturated carbocycles. The van der Waals surface area contributed by atoms with Crippen LogP contribution in [0.25, 0.3) is 0 Å². The van der Waals surface area contributed by atoms with Gasteiger partial charge in [-0.1, -0.05) is 6.07 Å². The first kappa shape index (κ1) is 26.1. The van der Waals surface area contributed by atoms with Gasteiger partial charge in [-0.05, 0) is 62.1 Å². The first-order valence-electron chi connectivity index (χ1n) is 12.2. The van der Waals surface area contributed by atoms with Crippen molar-refractivity contribution in [2.45, 2.75) is 38.5 Å². The molecule has 0 amide bonds. The zero-order valence-corrected chi connectivity index (χ0v) is 22.1. The molecule has 2 aliphatic rings. The predicted octanol–water partition coefficient (Wildman–Crippen LogP) is 4.65. The van der Waals surface area contributed by atoms with Crippen molar-refractivity contribution < 1.29 is 33.3 Å². The number of nitrogens with one attached hydrogen (secondary N) is 1. The van der Waals surface area contributed by atoms with Crippen molar-refractivity contribution >= 4 is 11.8 Å². The highest BCUT2D eigenvalue weighted by Crippen LogP contribution is 2.48. The summed E-state index contributed by atoms with van der Waals surface area (Å²) in [6, 6.07) is 11.1. The number of hydrogen-bond donors (Lipinski definition) is 1. The number of ketones is 1. The average Bonchev–Trinajstić information content (AvgIpc) is 2.91. The van der Waals surface area contributed by atoms with Crippen molar-refractivity contribution in [1.29, 1.82) is 0 Å². The molecule has 37 heavy (non-hydrogen) atoms. The Hall–Kier alpha value is -3.94. The summed E-state index contributed by atoms with van der Waals surface area (Å²) in [5.41, 5.74) is 4.04. The molecule has 0 spiro atoms. The van der Waals surface area contributed by atoms with Gasteiger partial charge in [0.05, 0.1) is 46.5 Å². The SMILES string of the molecule is CCOC(=O)C1=C(C)NC2=C(C(=O)CC(c3ccc(OC)c(OC)c3)C2)C1c1cc(OC)ccc1OC. The lowest BCUT2D eigenvalue weighted by Gasteiger charge is -2.37. The summed E-state index contributed by atoms with van der Waals surface area (Å²) in [6.45, 7) is 3.81. The van der Waals surface area contributed by atoms with E-state index in [-0.39, 0.29) is 24.7 Å². The van der Waals surface area contributed by atoms with Crippen LogP contribution >= 0.6 is 0 Å². The summed E-state index contributed by atoms with van der Waals surface area (Å²) >= 11 is 0. The van der Waals surface area contributed by atoms with Crippen molar-refractivity contribution in [3.8, 4) is 23.0 Å². The van der Waals surface area contributed by atoms with Gasteiger partial charge in [0.1, 0.15) is 11.5 Å². The molecule has 0 saturated heterocycles. The average molecular weight is 508 g/mol. The Morgan fingerprint density at radius 2 is 1.62 bits per heavy atom. The zero-order valence-electron chi connectivity index (χ0n) is 22.1. The van der Waals surface area contributed by atoms with Crippen LogP contribution in [-0.2, 0) is 14.3 Å². The van der Waals surface area contributed by atoms with E-state index in [1.54, 1.807) is 47.5 Å². The van der Waals surface area contributed by atoms with Gasteiger partial charge in [-0.15, -0.1) is 0 Å². The molecule has 0 aromatic heterocycles. The first-order chi connectivity index (χ1) is 17.9. The minimum atomic E-state index is -0.654. The number of carbonyl (C=O) groups excluding carboxylic acids is 2. The fraction of sp³-hybridized carbons (Fsp3) is 0.379. The number of carbonyl (C=O) groups is 2. The van der Waals surface area contributed by atoms with E-state index in [9.17, 15) is 9.59 Å². The summed E-state index contributed by atoms with van der Waals surface area (Å²) in [5, 5.41) is 3.36. The molecular formula is C29H33NO7. The highest BCUT2D eigenvalue weighted by Gasteiger charge is 2.42. The molecule has 196 valence electrons. The first-order valence-corrected chi connectivity index (χ1v) is 12.2. The topological polar surface area (TPSA) is 92.3 Å². The molecule has 8 nitrogen and oxygen atoms in total. The van der Waals surface area contributed by atoms with Crippen molar-refractivity contribution in [2.24, 2.45) is 0 Å². The zero-order chi connectivity index (χ0) is 26.7. The van der Waals surface area contributed by atoms with E-state index in [0.29, 0.717) is 51.8 Å². The van der Waals surface area contributed by atoms with Crippen LogP contribution in [0.1, 0.15) is 49.7 Å². The minimum Gasteiger partial charge on any atom is -0.497 e. The fourth-order valence-electron chi connectivity index (χ4n) is 5.24. The molecule has 0 radical (unpaired) electrons. The number of ether oxygens (including phenoxy) is 5. The number of methoxy groups -OCH3 is 4. The van der Waals surface area contributed by atoms with Gasteiger partial charge < -0.3 is 29.0 Å². The highest BCUT2D eigenvalue weighted by molar-refractivity contribution is 6.04. The van der Waals surface area contributed by atoms with Gasteiger partial charge in [0, 0.05) is 29.0 Å². The Bertz CT molecular complexity index is 1280. The molecule has 4 rings (SSSR count). The smallest absolute Gasteiger partial charge is 0.336 e. The van der Waals surface area contributed by atoms with Gasteiger partial charge >= 0.3 is 5.97 Å².